The van der Waals surface area contributed by atoms with Crippen molar-refractivity contribution in [1.82, 2.24) is 10.2 Å². The van der Waals surface area contributed by atoms with E-state index in [0.717, 1.165) is 38.9 Å². The molecule has 1 rings (SSSR count). The highest BCUT2D eigenvalue weighted by Gasteiger charge is 2.30. The topological polar surface area (TPSA) is 49.4 Å². The van der Waals surface area contributed by atoms with E-state index in [-0.39, 0.29) is 11.3 Å². The van der Waals surface area contributed by atoms with E-state index in [9.17, 15) is 8.42 Å². The van der Waals surface area contributed by atoms with Gasteiger partial charge in [0, 0.05) is 24.9 Å². The van der Waals surface area contributed by atoms with Crippen molar-refractivity contribution in [2.24, 2.45) is 0 Å². The highest BCUT2D eigenvalue weighted by Crippen LogP contribution is 2.19. The van der Waals surface area contributed by atoms with Gasteiger partial charge in [-0.1, -0.05) is 13.8 Å². The fourth-order valence-corrected chi connectivity index (χ4v) is 3.02. The molecule has 1 aliphatic heterocycles. The van der Waals surface area contributed by atoms with Crippen molar-refractivity contribution in [1.29, 1.82) is 0 Å². The van der Waals surface area contributed by atoms with Crippen LogP contribution in [0.4, 0.5) is 0 Å². The lowest BCUT2D eigenvalue weighted by molar-refractivity contribution is 0.205. The molecule has 0 spiro atoms. The van der Waals surface area contributed by atoms with E-state index in [1.54, 1.807) is 0 Å². The molecule has 1 saturated heterocycles. The van der Waals surface area contributed by atoms with Crippen LogP contribution in [0.3, 0.4) is 0 Å². The number of nitrogens with zero attached hydrogens (tertiary/aromatic N) is 1. The summed E-state index contributed by atoms with van der Waals surface area (Å²) in [5.41, 5.74) is 0.175. The molecule has 0 aromatic heterocycles. The maximum atomic E-state index is 11.2. The van der Waals surface area contributed by atoms with Crippen LogP contribution >= 0.6 is 0 Å². The Bertz CT molecular complexity index is 323. The summed E-state index contributed by atoms with van der Waals surface area (Å²) in [6.45, 7) is 8.09. The molecule has 0 aromatic rings. The highest BCUT2D eigenvalue weighted by atomic mass is 32.2. The van der Waals surface area contributed by atoms with Crippen molar-refractivity contribution in [3.8, 4) is 0 Å². The number of nitrogens with one attached hydrogen (secondary N) is 1. The maximum absolute atomic E-state index is 11.2. The first kappa shape index (κ1) is 14.9. The van der Waals surface area contributed by atoms with Crippen molar-refractivity contribution in [2.45, 2.75) is 38.6 Å². The van der Waals surface area contributed by atoms with Gasteiger partial charge >= 0.3 is 0 Å². The van der Waals surface area contributed by atoms with Crippen molar-refractivity contribution < 1.29 is 8.42 Å². The minimum Gasteiger partial charge on any atom is -0.310 e. The van der Waals surface area contributed by atoms with Crippen LogP contribution in [0.1, 0.15) is 33.1 Å². The van der Waals surface area contributed by atoms with E-state index < -0.39 is 9.84 Å². The summed E-state index contributed by atoms with van der Waals surface area (Å²) in [6.07, 6.45) is 4.61. The van der Waals surface area contributed by atoms with E-state index in [1.807, 2.05) is 0 Å². The molecular formula is C12H26N2O2S. The van der Waals surface area contributed by atoms with Crippen molar-refractivity contribution >= 4 is 9.84 Å². The molecule has 0 aliphatic carbocycles. The second-order valence-corrected chi connectivity index (χ2v) is 7.43. The van der Waals surface area contributed by atoms with Gasteiger partial charge in [0.25, 0.3) is 0 Å². The first-order chi connectivity index (χ1) is 7.91. The van der Waals surface area contributed by atoms with Crippen LogP contribution in [-0.4, -0.2) is 57.0 Å². The summed E-state index contributed by atoms with van der Waals surface area (Å²) in [4.78, 5) is 2.30. The molecule has 5 heteroatoms. The SMILES string of the molecule is CCC1(CC)CN(CCS(C)(=O)=O)CCCN1. The Morgan fingerprint density at radius 2 is 1.94 bits per heavy atom. The van der Waals surface area contributed by atoms with E-state index in [1.165, 1.54) is 6.26 Å². The Hall–Kier alpha value is -0.130. The molecule has 1 N–H and O–H groups in total. The van der Waals surface area contributed by atoms with Crippen LogP contribution in [0, 0.1) is 0 Å². The van der Waals surface area contributed by atoms with Crippen molar-refractivity contribution in [3.05, 3.63) is 0 Å². The Balaban J connectivity index is 2.60. The summed E-state index contributed by atoms with van der Waals surface area (Å²) < 4.78 is 22.4. The van der Waals surface area contributed by atoms with E-state index in [2.05, 4.69) is 24.1 Å². The minimum atomic E-state index is -2.85. The zero-order valence-corrected chi connectivity index (χ0v) is 12.1. The molecule has 0 bridgehead atoms. The molecule has 0 radical (unpaired) electrons. The van der Waals surface area contributed by atoms with Gasteiger partial charge in [0.1, 0.15) is 9.84 Å². The van der Waals surface area contributed by atoms with E-state index in [0.29, 0.717) is 6.54 Å². The molecule has 1 fully saturated rings. The quantitative estimate of drug-likeness (QED) is 0.799. The lowest BCUT2D eigenvalue weighted by Crippen LogP contribution is -2.51. The standard InChI is InChI=1S/C12H26N2O2S/c1-4-12(5-2)11-14(8-6-7-13-12)9-10-17(3,15)16/h13H,4-11H2,1-3H3. The van der Waals surface area contributed by atoms with E-state index >= 15 is 0 Å². The maximum Gasteiger partial charge on any atom is 0.148 e. The summed E-state index contributed by atoms with van der Waals surface area (Å²) in [5.74, 6) is 0.274. The van der Waals surface area contributed by atoms with Gasteiger partial charge in [0.05, 0.1) is 5.75 Å². The summed E-state index contributed by atoms with van der Waals surface area (Å²) in [5, 5.41) is 3.63. The van der Waals surface area contributed by atoms with Gasteiger partial charge in [0.2, 0.25) is 0 Å². The third-order valence-electron chi connectivity index (χ3n) is 3.81. The van der Waals surface area contributed by atoms with Gasteiger partial charge in [-0.15, -0.1) is 0 Å². The monoisotopic (exact) mass is 262 g/mol. The van der Waals surface area contributed by atoms with Crippen molar-refractivity contribution in [3.63, 3.8) is 0 Å². The molecule has 0 aromatic carbocycles. The number of hydrogen-bond acceptors (Lipinski definition) is 4. The Morgan fingerprint density at radius 3 is 2.47 bits per heavy atom. The van der Waals surface area contributed by atoms with Gasteiger partial charge < -0.3 is 10.2 Å². The first-order valence-corrected chi connectivity index (χ1v) is 8.62. The first-order valence-electron chi connectivity index (χ1n) is 6.56. The molecule has 4 nitrogen and oxygen atoms in total. The third-order valence-corrected chi connectivity index (χ3v) is 4.73. The second kappa shape index (κ2) is 6.16. The second-order valence-electron chi connectivity index (χ2n) is 5.17. The van der Waals surface area contributed by atoms with Crippen LogP contribution in [0.15, 0.2) is 0 Å². The summed E-state index contributed by atoms with van der Waals surface area (Å²) in [7, 11) is -2.85. The Morgan fingerprint density at radius 1 is 1.29 bits per heavy atom. The molecule has 1 heterocycles. The molecular weight excluding hydrogens is 236 g/mol. The smallest absolute Gasteiger partial charge is 0.148 e. The Labute approximate surface area is 106 Å². The third kappa shape index (κ3) is 4.94. The van der Waals surface area contributed by atoms with Gasteiger partial charge in [-0.05, 0) is 32.4 Å². The molecule has 0 amide bonds. The van der Waals surface area contributed by atoms with Gasteiger partial charge in [0.15, 0.2) is 0 Å². The predicted molar refractivity (Wildman–Crippen MR) is 72.1 cm³/mol. The fraction of sp³-hybridized carbons (Fsp3) is 1.00. The molecule has 1 aliphatic rings. The van der Waals surface area contributed by atoms with Crippen molar-refractivity contribution in [2.75, 3.05) is 38.2 Å². The molecule has 102 valence electrons. The molecule has 0 atom stereocenters. The largest absolute Gasteiger partial charge is 0.310 e. The van der Waals surface area contributed by atoms with Crippen LogP contribution in [0.5, 0.6) is 0 Å². The number of hydrogen-bond donors (Lipinski definition) is 1. The zero-order valence-electron chi connectivity index (χ0n) is 11.3. The highest BCUT2D eigenvalue weighted by molar-refractivity contribution is 7.90. The van der Waals surface area contributed by atoms with E-state index in [4.69, 9.17) is 0 Å². The predicted octanol–water partition coefficient (Wildman–Crippen LogP) is 0.885. The van der Waals surface area contributed by atoms with Crippen LogP contribution in [0.2, 0.25) is 0 Å². The molecule has 0 saturated carbocycles. The fourth-order valence-electron chi connectivity index (χ4n) is 2.43. The number of sulfone groups is 1. The van der Waals surface area contributed by atoms with Crippen LogP contribution < -0.4 is 5.32 Å². The summed E-state index contributed by atoms with van der Waals surface area (Å²) >= 11 is 0. The van der Waals surface area contributed by atoms with Crippen LogP contribution in [0.25, 0.3) is 0 Å². The molecule has 17 heavy (non-hydrogen) atoms. The van der Waals surface area contributed by atoms with Crippen LogP contribution in [-0.2, 0) is 9.84 Å². The van der Waals surface area contributed by atoms with Gasteiger partial charge in [-0.3, -0.25) is 0 Å². The van der Waals surface area contributed by atoms with Gasteiger partial charge in [-0.2, -0.15) is 0 Å². The average molecular weight is 262 g/mol. The summed E-state index contributed by atoms with van der Waals surface area (Å²) in [6, 6.07) is 0. The zero-order chi connectivity index (χ0) is 12.9. The normalized spacial score (nSPS) is 22.3. The lowest BCUT2D eigenvalue weighted by atomic mass is 9.92. The van der Waals surface area contributed by atoms with Gasteiger partial charge in [-0.25, -0.2) is 8.42 Å². The average Bonchev–Trinajstić information content (AvgIpc) is 2.48. The number of rotatable bonds is 5. The minimum absolute atomic E-state index is 0.175. The lowest BCUT2D eigenvalue weighted by Gasteiger charge is -2.35. The Kier molecular flexibility index (Phi) is 5.41. The molecule has 0 unspecified atom stereocenters.